The molecule has 0 radical (unpaired) electrons. The maximum absolute atomic E-state index is 8.90. The predicted molar refractivity (Wildman–Crippen MR) is 75.3 cm³/mol. The number of aromatic nitrogens is 3. The molecule has 0 saturated heterocycles. The summed E-state index contributed by atoms with van der Waals surface area (Å²) in [5, 5.41) is 13.4. The zero-order valence-electron chi connectivity index (χ0n) is 10.8. The minimum Gasteiger partial charge on any atom is -0.237 e. The fraction of sp³-hybridized carbons (Fsp3) is 0.0625. The molecule has 0 bridgehead atoms. The average Bonchev–Trinajstić information content (AvgIpc) is 2.97. The Labute approximate surface area is 116 Å². The lowest BCUT2D eigenvalue weighted by atomic mass is 10.1. The van der Waals surface area contributed by atoms with Gasteiger partial charge in [-0.25, -0.2) is 9.67 Å². The summed E-state index contributed by atoms with van der Waals surface area (Å²) in [5.41, 5.74) is 2.77. The normalized spacial score (nSPS) is 10.2. The molecule has 1 aromatic carbocycles. The summed E-state index contributed by atoms with van der Waals surface area (Å²) in [4.78, 5) is 4.23. The number of nitriles is 1. The summed E-state index contributed by atoms with van der Waals surface area (Å²) in [5.74, 6) is 0.656. The van der Waals surface area contributed by atoms with Gasteiger partial charge in [-0.3, -0.25) is 0 Å². The van der Waals surface area contributed by atoms with Gasteiger partial charge in [0.2, 0.25) is 0 Å². The lowest BCUT2D eigenvalue weighted by Crippen LogP contribution is -1.99. The molecule has 2 heterocycles. The van der Waals surface area contributed by atoms with Crippen molar-refractivity contribution in [2.45, 2.75) is 6.42 Å². The first-order valence-electron chi connectivity index (χ1n) is 6.30. The van der Waals surface area contributed by atoms with Gasteiger partial charge in [-0.05, 0) is 17.7 Å². The highest BCUT2D eigenvalue weighted by molar-refractivity contribution is 5.35. The van der Waals surface area contributed by atoms with Crippen LogP contribution in [0.1, 0.15) is 16.8 Å². The van der Waals surface area contributed by atoms with Gasteiger partial charge in [0.1, 0.15) is 0 Å². The minimum atomic E-state index is 0.579. The van der Waals surface area contributed by atoms with Gasteiger partial charge in [-0.1, -0.05) is 30.3 Å². The van der Waals surface area contributed by atoms with Gasteiger partial charge in [0, 0.05) is 24.9 Å². The zero-order chi connectivity index (χ0) is 13.8. The molecule has 0 aliphatic rings. The second kappa shape index (κ2) is 5.37. The van der Waals surface area contributed by atoms with E-state index in [0.29, 0.717) is 11.4 Å². The van der Waals surface area contributed by atoms with E-state index in [4.69, 9.17) is 5.26 Å². The van der Waals surface area contributed by atoms with Crippen molar-refractivity contribution in [2.24, 2.45) is 0 Å². The van der Waals surface area contributed by atoms with Gasteiger partial charge in [0.05, 0.1) is 17.3 Å². The number of rotatable bonds is 3. The largest absolute Gasteiger partial charge is 0.237 e. The van der Waals surface area contributed by atoms with Crippen molar-refractivity contribution in [2.75, 3.05) is 0 Å². The molecule has 0 unspecified atom stereocenters. The lowest BCUT2D eigenvalue weighted by molar-refractivity contribution is 0.820. The van der Waals surface area contributed by atoms with Crippen LogP contribution in [-0.2, 0) is 6.42 Å². The fourth-order valence-electron chi connectivity index (χ4n) is 2.00. The van der Waals surface area contributed by atoms with Crippen molar-refractivity contribution in [1.29, 1.82) is 5.26 Å². The molecule has 0 fully saturated rings. The third-order valence-corrected chi connectivity index (χ3v) is 2.98. The number of hydrogen-bond acceptors (Lipinski definition) is 3. The van der Waals surface area contributed by atoms with Crippen LogP contribution in [0.3, 0.4) is 0 Å². The molecule has 0 aliphatic heterocycles. The third kappa shape index (κ3) is 2.57. The van der Waals surface area contributed by atoms with E-state index >= 15 is 0 Å². The van der Waals surface area contributed by atoms with Crippen LogP contribution in [0.25, 0.3) is 5.82 Å². The van der Waals surface area contributed by atoms with E-state index in [2.05, 4.69) is 28.3 Å². The van der Waals surface area contributed by atoms with Crippen LogP contribution in [0, 0.1) is 11.3 Å². The van der Waals surface area contributed by atoms with Gasteiger partial charge in [0.25, 0.3) is 0 Å². The maximum atomic E-state index is 8.90. The highest BCUT2D eigenvalue weighted by atomic mass is 15.3. The third-order valence-electron chi connectivity index (χ3n) is 2.98. The summed E-state index contributed by atoms with van der Waals surface area (Å²) in [6, 6.07) is 17.7. The predicted octanol–water partition coefficient (Wildman–Crippen LogP) is 2.73. The fourth-order valence-corrected chi connectivity index (χ4v) is 2.00. The molecule has 20 heavy (non-hydrogen) atoms. The molecule has 3 rings (SSSR count). The summed E-state index contributed by atoms with van der Waals surface area (Å²) < 4.78 is 1.69. The van der Waals surface area contributed by atoms with Crippen molar-refractivity contribution in [3.63, 3.8) is 0 Å². The molecule has 0 N–H and O–H groups in total. The standard InChI is InChI=1S/C16H12N4/c17-12-14-6-8-18-16(11-14)20-9-7-15(19-20)10-13-4-2-1-3-5-13/h1-9,11H,10H2. The van der Waals surface area contributed by atoms with E-state index in [-0.39, 0.29) is 0 Å². The Kier molecular flexibility index (Phi) is 3.25. The molecule has 4 heteroatoms. The number of pyridine rings is 1. The molecule has 96 valence electrons. The molecule has 3 aromatic rings. The topological polar surface area (TPSA) is 54.5 Å². The Hall–Kier alpha value is -2.93. The van der Waals surface area contributed by atoms with E-state index < -0.39 is 0 Å². The Morgan fingerprint density at radius 2 is 1.95 bits per heavy atom. The van der Waals surface area contributed by atoms with Crippen molar-refractivity contribution in [1.82, 2.24) is 14.8 Å². The van der Waals surface area contributed by atoms with Gasteiger partial charge < -0.3 is 0 Å². The van der Waals surface area contributed by atoms with Crippen LogP contribution < -0.4 is 0 Å². The van der Waals surface area contributed by atoms with Crippen LogP contribution in [0.5, 0.6) is 0 Å². The summed E-state index contributed by atoms with van der Waals surface area (Å²) in [6.45, 7) is 0. The van der Waals surface area contributed by atoms with Gasteiger partial charge in [-0.2, -0.15) is 10.4 Å². The average molecular weight is 260 g/mol. The molecule has 4 nitrogen and oxygen atoms in total. The minimum absolute atomic E-state index is 0.579. The van der Waals surface area contributed by atoms with Crippen LogP contribution in [0.15, 0.2) is 60.9 Å². The first-order valence-corrected chi connectivity index (χ1v) is 6.30. The van der Waals surface area contributed by atoms with E-state index in [1.807, 2.05) is 30.5 Å². The molecule has 0 saturated carbocycles. The van der Waals surface area contributed by atoms with E-state index in [1.165, 1.54) is 5.56 Å². The van der Waals surface area contributed by atoms with E-state index in [0.717, 1.165) is 12.1 Å². The monoisotopic (exact) mass is 260 g/mol. The Morgan fingerprint density at radius 3 is 2.75 bits per heavy atom. The van der Waals surface area contributed by atoms with Crippen LogP contribution >= 0.6 is 0 Å². The Morgan fingerprint density at radius 1 is 1.10 bits per heavy atom. The summed E-state index contributed by atoms with van der Waals surface area (Å²) in [7, 11) is 0. The first kappa shape index (κ1) is 12.1. The SMILES string of the molecule is N#Cc1ccnc(-n2ccc(Cc3ccccc3)n2)c1. The van der Waals surface area contributed by atoms with Crippen LogP contribution in [0.4, 0.5) is 0 Å². The Balaban J connectivity index is 1.85. The molecular formula is C16H12N4. The van der Waals surface area contributed by atoms with Gasteiger partial charge >= 0.3 is 0 Å². The van der Waals surface area contributed by atoms with Crippen molar-refractivity contribution in [3.05, 3.63) is 77.7 Å². The molecular weight excluding hydrogens is 248 g/mol. The second-order valence-corrected chi connectivity index (χ2v) is 4.43. The second-order valence-electron chi connectivity index (χ2n) is 4.43. The smallest absolute Gasteiger partial charge is 0.154 e. The highest BCUT2D eigenvalue weighted by Crippen LogP contribution is 2.10. The highest BCUT2D eigenvalue weighted by Gasteiger charge is 2.04. The van der Waals surface area contributed by atoms with E-state index in [1.54, 1.807) is 23.0 Å². The zero-order valence-corrected chi connectivity index (χ0v) is 10.8. The molecule has 0 amide bonds. The van der Waals surface area contributed by atoms with E-state index in [9.17, 15) is 0 Å². The summed E-state index contributed by atoms with van der Waals surface area (Å²) >= 11 is 0. The van der Waals surface area contributed by atoms with Crippen molar-refractivity contribution in [3.8, 4) is 11.9 Å². The van der Waals surface area contributed by atoms with Crippen molar-refractivity contribution >= 4 is 0 Å². The van der Waals surface area contributed by atoms with Gasteiger partial charge in [-0.15, -0.1) is 0 Å². The molecule has 0 atom stereocenters. The molecule has 0 aliphatic carbocycles. The first-order chi connectivity index (χ1) is 9.85. The number of nitrogens with zero attached hydrogens (tertiary/aromatic N) is 4. The summed E-state index contributed by atoms with van der Waals surface area (Å²) in [6.07, 6.45) is 4.26. The molecule has 2 aromatic heterocycles. The molecule has 0 spiro atoms. The number of hydrogen-bond donors (Lipinski definition) is 0. The van der Waals surface area contributed by atoms with Crippen LogP contribution in [0.2, 0.25) is 0 Å². The number of benzene rings is 1. The van der Waals surface area contributed by atoms with Crippen molar-refractivity contribution < 1.29 is 0 Å². The van der Waals surface area contributed by atoms with Gasteiger partial charge in [0.15, 0.2) is 5.82 Å². The van der Waals surface area contributed by atoms with Crippen LogP contribution in [-0.4, -0.2) is 14.8 Å². The quantitative estimate of drug-likeness (QED) is 0.727. The maximum Gasteiger partial charge on any atom is 0.154 e. The Bertz CT molecular complexity index is 753. The lowest BCUT2D eigenvalue weighted by Gasteiger charge is -2.00.